The number of para-hydroxylation sites is 1. The molecule has 3 heterocycles. The maximum atomic E-state index is 13.2. The first-order chi connectivity index (χ1) is 12.3. The van der Waals surface area contributed by atoms with E-state index in [0.29, 0.717) is 42.6 Å². The summed E-state index contributed by atoms with van der Waals surface area (Å²) in [6, 6.07) is 5.37. The van der Waals surface area contributed by atoms with Crippen LogP contribution >= 0.6 is 0 Å². The van der Waals surface area contributed by atoms with E-state index in [1.54, 1.807) is 25.5 Å². The number of nitrogens with zero attached hydrogens (tertiary/aromatic N) is 3. The maximum Gasteiger partial charge on any atom is 0.258 e. The molecule has 2 aromatic rings. The number of ether oxygens (including phenoxy) is 2. The zero-order valence-electron chi connectivity index (χ0n) is 14.1. The fourth-order valence-electron chi connectivity index (χ4n) is 3.38. The molecule has 1 saturated heterocycles. The topological polar surface area (TPSA) is 76.6 Å². The Labute approximate surface area is 146 Å². The molecule has 0 saturated carbocycles. The largest absolute Gasteiger partial charge is 0.486 e. The monoisotopic (exact) mass is 340 g/mol. The summed E-state index contributed by atoms with van der Waals surface area (Å²) in [6.45, 7) is 1.65. The number of carbonyl (C=O) groups is 1. The first-order valence-corrected chi connectivity index (χ1v) is 8.47. The summed E-state index contributed by atoms with van der Waals surface area (Å²) in [4.78, 5) is 23.8. The summed E-state index contributed by atoms with van der Waals surface area (Å²) < 4.78 is 11.3. The van der Waals surface area contributed by atoms with Crippen molar-refractivity contribution in [3.63, 3.8) is 0 Å². The Morgan fingerprint density at radius 3 is 3.04 bits per heavy atom. The smallest absolute Gasteiger partial charge is 0.258 e. The van der Waals surface area contributed by atoms with Gasteiger partial charge in [-0.2, -0.15) is 0 Å². The molecule has 2 aliphatic rings. The van der Waals surface area contributed by atoms with E-state index in [9.17, 15) is 4.79 Å². The van der Waals surface area contributed by atoms with Gasteiger partial charge in [-0.05, 0) is 25.0 Å². The highest BCUT2D eigenvalue weighted by molar-refractivity contribution is 5.98. The Balaban J connectivity index is 1.65. The van der Waals surface area contributed by atoms with Gasteiger partial charge in [0.05, 0.1) is 29.7 Å². The molecular weight excluding hydrogens is 320 g/mol. The van der Waals surface area contributed by atoms with E-state index in [-0.39, 0.29) is 11.9 Å². The van der Waals surface area contributed by atoms with Crippen LogP contribution < -0.4 is 14.8 Å². The minimum atomic E-state index is -0.0753. The Hall–Kier alpha value is -2.83. The van der Waals surface area contributed by atoms with Crippen molar-refractivity contribution in [2.45, 2.75) is 18.9 Å². The number of likely N-dealkylation sites (tertiary alicyclic amines) is 1. The normalized spacial score (nSPS) is 18.9. The summed E-state index contributed by atoms with van der Waals surface area (Å²) in [5, 5.41) is 2.99. The van der Waals surface area contributed by atoms with Crippen LogP contribution in [0.25, 0.3) is 0 Å². The number of rotatable bonds is 3. The molecule has 1 aromatic heterocycles. The quantitative estimate of drug-likeness (QED) is 0.924. The van der Waals surface area contributed by atoms with Crippen molar-refractivity contribution in [1.29, 1.82) is 0 Å². The average molecular weight is 340 g/mol. The minimum absolute atomic E-state index is 0.0542. The van der Waals surface area contributed by atoms with Crippen LogP contribution in [0.15, 0.2) is 30.6 Å². The SMILES string of the molecule is CNc1cncc([C@@H]2CCCN2C(=O)c2cccc3c2OCCO3)n1. The summed E-state index contributed by atoms with van der Waals surface area (Å²) in [6.07, 6.45) is 5.22. The Bertz CT molecular complexity index is 796. The fourth-order valence-corrected chi connectivity index (χ4v) is 3.38. The van der Waals surface area contributed by atoms with Crippen LogP contribution in [0.3, 0.4) is 0 Å². The predicted octanol–water partition coefficient (Wildman–Crippen LogP) is 2.27. The van der Waals surface area contributed by atoms with Crippen molar-refractivity contribution in [3.05, 3.63) is 41.9 Å². The molecular formula is C18H20N4O3. The summed E-state index contributed by atoms with van der Waals surface area (Å²) in [5.41, 5.74) is 1.35. The lowest BCUT2D eigenvalue weighted by atomic mass is 10.1. The van der Waals surface area contributed by atoms with Crippen molar-refractivity contribution in [2.24, 2.45) is 0 Å². The Kier molecular flexibility index (Phi) is 4.13. The summed E-state index contributed by atoms with van der Waals surface area (Å²) >= 11 is 0. The van der Waals surface area contributed by atoms with Crippen molar-refractivity contribution in [2.75, 3.05) is 32.1 Å². The van der Waals surface area contributed by atoms with Crippen LogP contribution in [0.1, 0.15) is 34.9 Å². The average Bonchev–Trinajstić information content (AvgIpc) is 3.17. The van der Waals surface area contributed by atoms with Crippen LogP contribution in [-0.2, 0) is 0 Å². The number of aromatic nitrogens is 2. The second-order valence-electron chi connectivity index (χ2n) is 6.07. The number of carbonyl (C=O) groups excluding carboxylic acids is 1. The second kappa shape index (κ2) is 6.58. The highest BCUT2D eigenvalue weighted by Crippen LogP contribution is 2.38. The molecule has 25 heavy (non-hydrogen) atoms. The van der Waals surface area contributed by atoms with Crippen LogP contribution in [0.4, 0.5) is 5.82 Å². The van der Waals surface area contributed by atoms with Crippen molar-refractivity contribution >= 4 is 11.7 Å². The molecule has 1 aromatic carbocycles. The lowest BCUT2D eigenvalue weighted by Crippen LogP contribution is -2.32. The van der Waals surface area contributed by atoms with E-state index in [1.165, 1.54) is 0 Å². The van der Waals surface area contributed by atoms with Crippen LogP contribution in [-0.4, -0.2) is 47.6 Å². The number of nitrogens with one attached hydrogen (secondary N) is 1. The van der Waals surface area contributed by atoms with E-state index in [0.717, 1.165) is 18.5 Å². The molecule has 7 heteroatoms. The zero-order valence-corrected chi connectivity index (χ0v) is 14.1. The molecule has 7 nitrogen and oxygen atoms in total. The number of anilines is 1. The lowest BCUT2D eigenvalue weighted by Gasteiger charge is -2.27. The molecule has 130 valence electrons. The molecule has 1 amide bonds. The summed E-state index contributed by atoms with van der Waals surface area (Å²) in [7, 11) is 1.80. The van der Waals surface area contributed by atoms with E-state index in [4.69, 9.17) is 9.47 Å². The van der Waals surface area contributed by atoms with Crippen molar-refractivity contribution in [3.8, 4) is 11.5 Å². The second-order valence-corrected chi connectivity index (χ2v) is 6.07. The number of hydrogen-bond donors (Lipinski definition) is 1. The molecule has 0 unspecified atom stereocenters. The maximum absolute atomic E-state index is 13.2. The number of hydrogen-bond acceptors (Lipinski definition) is 6. The molecule has 1 fully saturated rings. The molecule has 2 aliphatic heterocycles. The lowest BCUT2D eigenvalue weighted by molar-refractivity contribution is 0.0722. The van der Waals surface area contributed by atoms with Crippen molar-refractivity contribution in [1.82, 2.24) is 14.9 Å². The van der Waals surface area contributed by atoms with E-state index in [1.807, 2.05) is 17.0 Å². The van der Waals surface area contributed by atoms with Gasteiger partial charge in [-0.15, -0.1) is 0 Å². The molecule has 0 bridgehead atoms. The van der Waals surface area contributed by atoms with Gasteiger partial charge in [0.25, 0.3) is 5.91 Å². The number of benzene rings is 1. The third-order valence-electron chi connectivity index (χ3n) is 4.56. The molecule has 0 radical (unpaired) electrons. The highest BCUT2D eigenvalue weighted by atomic mass is 16.6. The van der Waals surface area contributed by atoms with Gasteiger partial charge in [0.1, 0.15) is 19.0 Å². The first-order valence-electron chi connectivity index (χ1n) is 8.47. The zero-order chi connectivity index (χ0) is 17.2. The van der Waals surface area contributed by atoms with E-state index >= 15 is 0 Å². The predicted molar refractivity (Wildman–Crippen MR) is 92.0 cm³/mol. The van der Waals surface area contributed by atoms with Gasteiger partial charge in [-0.1, -0.05) is 6.07 Å². The molecule has 1 N–H and O–H groups in total. The molecule has 4 rings (SSSR count). The van der Waals surface area contributed by atoms with E-state index < -0.39 is 0 Å². The van der Waals surface area contributed by atoms with Crippen LogP contribution in [0.5, 0.6) is 11.5 Å². The van der Waals surface area contributed by atoms with Gasteiger partial charge in [-0.3, -0.25) is 9.78 Å². The van der Waals surface area contributed by atoms with Crippen LogP contribution in [0.2, 0.25) is 0 Å². The Morgan fingerprint density at radius 1 is 1.28 bits per heavy atom. The number of fused-ring (bicyclic) bond motifs is 1. The minimum Gasteiger partial charge on any atom is -0.486 e. The highest BCUT2D eigenvalue weighted by Gasteiger charge is 2.34. The third kappa shape index (κ3) is 2.86. The third-order valence-corrected chi connectivity index (χ3v) is 4.56. The summed E-state index contributed by atoms with van der Waals surface area (Å²) in [5.74, 6) is 1.82. The van der Waals surface area contributed by atoms with Crippen LogP contribution in [0, 0.1) is 0 Å². The van der Waals surface area contributed by atoms with Gasteiger partial charge in [0.15, 0.2) is 11.5 Å². The molecule has 1 atom stereocenters. The fraction of sp³-hybridized carbons (Fsp3) is 0.389. The van der Waals surface area contributed by atoms with Crippen molar-refractivity contribution < 1.29 is 14.3 Å². The van der Waals surface area contributed by atoms with Gasteiger partial charge in [0, 0.05) is 13.6 Å². The van der Waals surface area contributed by atoms with E-state index in [2.05, 4.69) is 15.3 Å². The first kappa shape index (κ1) is 15.7. The standard InChI is InChI=1S/C18H20N4O3/c1-19-16-11-20-10-13(21-16)14-5-3-7-22(14)18(23)12-4-2-6-15-17(12)25-9-8-24-15/h2,4,6,10-11,14H,3,5,7-9H2,1H3,(H,19,21)/t14-/m0/s1. The van der Waals surface area contributed by atoms with Gasteiger partial charge in [0.2, 0.25) is 0 Å². The van der Waals surface area contributed by atoms with Gasteiger partial charge < -0.3 is 19.7 Å². The van der Waals surface area contributed by atoms with Gasteiger partial charge >= 0.3 is 0 Å². The molecule has 0 aliphatic carbocycles. The van der Waals surface area contributed by atoms with Gasteiger partial charge in [-0.25, -0.2) is 4.98 Å². The molecule has 0 spiro atoms. The number of amides is 1. The Morgan fingerprint density at radius 2 is 2.16 bits per heavy atom.